The van der Waals surface area contributed by atoms with Crippen molar-refractivity contribution in [2.75, 3.05) is 32.8 Å². The average molecular weight is 318 g/mol. The molecule has 2 amide bonds. The molecule has 1 fully saturated rings. The van der Waals surface area contributed by atoms with Crippen molar-refractivity contribution < 1.29 is 14.3 Å². The summed E-state index contributed by atoms with van der Waals surface area (Å²) in [6, 6.07) is 5.56. The van der Waals surface area contributed by atoms with Gasteiger partial charge in [0, 0.05) is 31.2 Å². The molecule has 126 valence electrons. The van der Waals surface area contributed by atoms with Crippen LogP contribution in [0.5, 0.6) is 0 Å². The standard InChI is InChI=1S/C18H26N2O3/c1-4-20(11-15-7-8-23-12-15)17(21)10-19-18(22)16-6-5-13(2)14(3)9-16/h5-6,9,15H,4,7-8,10-12H2,1-3H3,(H,19,22). The van der Waals surface area contributed by atoms with Gasteiger partial charge in [-0.2, -0.15) is 0 Å². The SMILES string of the molecule is CCN(CC1CCOC1)C(=O)CNC(=O)c1ccc(C)c(C)c1. The van der Waals surface area contributed by atoms with Crippen molar-refractivity contribution in [2.24, 2.45) is 5.92 Å². The largest absolute Gasteiger partial charge is 0.381 e. The van der Waals surface area contributed by atoms with E-state index in [1.807, 2.05) is 32.9 Å². The zero-order valence-corrected chi connectivity index (χ0v) is 14.2. The van der Waals surface area contributed by atoms with Crippen LogP contribution in [0.25, 0.3) is 0 Å². The van der Waals surface area contributed by atoms with Gasteiger partial charge in [-0.05, 0) is 50.5 Å². The van der Waals surface area contributed by atoms with Gasteiger partial charge in [0.15, 0.2) is 0 Å². The van der Waals surface area contributed by atoms with E-state index in [4.69, 9.17) is 4.74 Å². The highest BCUT2D eigenvalue weighted by molar-refractivity contribution is 5.96. The number of nitrogens with one attached hydrogen (secondary N) is 1. The lowest BCUT2D eigenvalue weighted by Crippen LogP contribution is -2.42. The van der Waals surface area contributed by atoms with E-state index in [2.05, 4.69) is 5.32 Å². The maximum atomic E-state index is 12.3. The van der Waals surface area contributed by atoms with Crippen molar-refractivity contribution in [3.8, 4) is 0 Å². The lowest BCUT2D eigenvalue weighted by molar-refractivity contribution is -0.130. The number of carbonyl (C=O) groups excluding carboxylic acids is 2. The van der Waals surface area contributed by atoms with Crippen LogP contribution < -0.4 is 5.32 Å². The van der Waals surface area contributed by atoms with E-state index < -0.39 is 0 Å². The quantitative estimate of drug-likeness (QED) is 0.872. The minimum atomic E-state index is -0.207. The van der Waals surface area contributed by atoms with E-state index in [1.165, 1.54) is 0 Å². The van der Waals surface area contributed by atoms with Gasteiger partial charge in [-0.1, -0.05) is 6.07 Å². The predicted molar refractivity (Wildman–Crippen MR) is 89.4 cm³/mol. The van der Waals surface area contributed by atoms with E-state index in [9.17, 15) is 9.59 Å². The number of carbonyl (C=O) groups is 2. The molecular weight excluding hydrogens is 292 g/mol. The second kappa shape index (κ2) is 8.11. The van der Waals surface area contributed by atoms with Crippen molar-refractivity contribution in [1.82, 2.24) is 10.2 Å². The fourth-order valence-corrected chi connectivity index (χ4v) is 2.70. The maximum Gasteiger partial charge on any atom is 0.251 e. The second-order valence-electron chi connectivity index (χ2n) is 6.14. The highest BCUT2D eigenvalue weighted by atomic mass is 16.5. The number of hydrogen-bond acceptors (Lipinski definition) is 3. The molecule has 1 aromatic rings. The normalized spacial score (nSPS) is 17.1. The van der Waals surface area contributed by atoms with Crippen LogP contribution in [0.15, 0.2) is 18.2 Å². The van der Waals surface area contributed by atoms with Crippen molar-refractivity contribution in [2.45, 2.75) is 27.2 Å². The molecule has 1 saturated heterocycles. The number of benzene rings is 1. The van der Waals surface area contributed by atoms with Crippen LogP contribution in [0.1, 0.15) is 34.8 Å². The first-order chi connectivity index (χ1) is 11.0. The Kier molecular flexibility index (Phi) is 6.16. The van der Waals surface area contributed by atoms with Gasteiger partial charge in [-0.3, -0.25) is 9.59 Å². The number of amides is 2. The van der Waals surface area contributed by atoms with Gasteiger partial charge >= 0.3 is 0 Å². The highest BCUT2D eigenvalue weighted by Gasteiger charge is 2.21. The lowest BCUT2D eigenvalue weighted by atomic mass is 10.1. The van der Waals surface area contributed by atoms with Crippen LogP contribution in [-0.2, 0) is 9.53 Å². The van der Waals surface area contributed by atoms with Crippen LogP contribution in [-0.4, -0.2) is 49.6 Å². The Labute approximate surface area is 138 Å². The van der Waals surface area contributed by atoms with Crippen molar-refractivity contribution in [1.29, 1.82) is 0 Å². The molecule has 1 aromatic carbocycles. The van der Waals surface area contributed by atoms with Crippen molar-refractivity contribution in [3.05, 3.63) is 34.9 Å². The minimum absolute atomic E-state index is 0.0349. The molecule has 1 unspecified atom stereocenters. The molecule has 0 saturated carbocycles. The molecule has 0 aliphatic carbocycles. The monoisotopic (exact) mass is 318 g/mol. The van der Waals surface area contributed by atoms with Gasteiger partial charge in [0.05, 0.1) is 13.2 Å². The summed E-state index contributed by atoms with van der Waals surface area (Å²) >= 11 is 0. The molecule has 2 rings (SSSR count). The molecule has 0 aromatic heterocycles. The smallest absolute Gasteiger partial charge is 0.251 e. The summed E-state index contributed by atoms with van der Waals surface area (Å²) in [4.78, 5) is 26.2. The first-order valence-corrected chi connectivity index (χ1v) is 8.22. The molecule has 23 heavy (non-hydrogen) atoms. The van der Waals surface area contributed by atoms with Gasteiger partial charge in [0.1, 0.15) is 0 Å². The summed E-state index contributed by atoms with van der Waals surface area (Å²) in [5.74, 6) is 0.160. The Bertz CT molecular complexity index is 565. The Morgan fingerprint density at radius 3 is 2.70 bits per heavy atom. The Hall–Kier alpha value is -1.88. The van der Waals surface area contributed by atoms with E-state index >= 15 is 0 Å². The first-order valence-electron chi connectivity index (χ1n) is 8.22. The fourth-order valence-electron chi connectivity index (χ4n) is 2.70. The van der Waals surface area contributed by atoms with Gasteiger partial charge in [-0.15, -0.1) is 0 Å². The van der Waals surface area contributed by atoms with E-state index in [0.29, 0.717) is 24.6 Å². The topological polar surface area (TPSA) is 58.6 Å². The summed E-state index contributed by atoms with van der Waals surface area (Å²) < 4.78 is 5.35. The van der Waals surface area contributed by atoms with Crippen LogP contribution in [0.3, 0.4) is 0 Å². The van der Waals surface area contributed by atoms with E-state index in [0.717, 1.165) is 30.8 Å². The lowest BCUT2D eigenvalue weighted by Gasteiger charge is -2.23. The number of nitrogens with zero attached hydrogens (tertiary/aromatic N) is 1. The van der Waals surface area contributed by atoms with Crippen molar-refractivity contribution in [3.63, 3.8) is 0 Å². The molecule has 1 atom stereocenters. The number of rotatable bonds is 6. The zero-order valence-electron chi connectivity index (χ0n) is 14.2. The molecule has 5 nitrogen and oxygen atoms in total. The van der Waals surface area contributed by atoms with Gasteiger partial charge in [-0.25, -0.2) is 0 Å². The Morgan fingerprint density at radius 1 is 1.30 bits per heavy atom. The van der Waals surface area contributed by atoms with E-state index in [1.54, 1.807) is 11.0 Å². The number of likely N-dealkylation sites (N-methyl/N-ethyl adjacent to an activating group) is 1. The summed E-state index contributed by atoms with van der Waals surface area (Å²) in [6.45, 7) is 8.82. The zero-order chi connectivity index (χ0) is 16.8. The molecule has 0 radical (unpaired) electrons. The maximum absolute atomic E-state index is 12.3. The fraction of sp³-hybridized carbons (Fsp3) is 0.556. The van der Waals surface area contributed by atoms with Crippen LogP contribution in [0.2, 0.25) is 0 Å². The summed E-state index contributed by atoms with van der Waals surface area (Å²) in [5.41, 5.74) is 2.81. The third kappa shape index (κ3) is 4.79. The summed E-state index contributed by atoms with van der Waals surface area (Å²) in [5, 5.41) is 2.72. The molecule has 1 heterocycles. The third-order valence-corrected chi connectivity index (χ3v) is 4.41. The second-order valence-corrected chi connectivity index (χ2v) is 6.14. The number of hydrogen-bond donors (Lipinski definition) is 1. The summed E-state index contributed by atoms with van der Waals surface area (Å²) in [7, 11) is 0. The number of aryl methyl sites for hydroxylation is 2. The first kappa shape index (κ1) is 17.5. The van der Waals surface area contributed by atoms with Gasteiger partial charge in [0.2, 0.25) is 5.91 Å². The highest BCUT2D eigenvalue weighted by Crippen LogP contribution is 2.14. The molecular formula is C18H26N2O3. The van der Waals surface area contributed by atoms with Gasteiger partial charge in [0.25, 0.3) is 5.91 Å². The molecule has 0 bridgehead atoms. The molecule has 1 N–H and O–H groups in total. The van der Waals surface area contributed by atoms with Gasteiger partial charge < -0.3 is 15.0 Å². The molecule has 1 aliphatic heterocycles. The summed E-state index contributed by atoms with van der Waals surface area (Å²) in [6.07, 6.45) is 0.999. The number of ether oxygens (including phenoxy) is 1. The average Bonchev–Trinajstić information content (AvgIpc) is 3.05. The van der Waals surface area contributed by atoms with Crippen molar-refractivity contribution >= 4 is 11.8 Å². The van der Waals surface area contributed by atoms with Crippen LogP contribution in [0, 0.1) is 19.8 Å². The van der Waals surface area contributed by atoms with Crippen LogP contribution in [0.4, 0.5) is 0 Å². The predicted octanol–water partition coefficient (Wildman–Crippen LogP) is 1.92. The molecule has 1 aliphatic rings. The van der Waals surface area contributed by atoms with E-state index in [-0.39, 0.29) is 18.4 Å². The Balaban J connectivity index is 1.86. The third-order valence-electron chi connectivity index (χ3n) is 4.41. The minimum Gasteiger partial charge on any atom is -0.381 e. The Morgan fingerprint density at radius 2 is 2.09 bits per heavy atom. The molecule has 5 heteroatoms. The van der Waals surface area contributed by atoms with Crippen LogP contribution >= 0.6 is 0 Å². The molecule has 0 spiro atoms.